The first kappa shape index (κ1) is 13.5. The van der Waals surface area contributed by atoms with Crippen LogP contribution in [0.4, 0.5) is 13.2 Å². The third-order valence-corrected chi connectivity index (χ3v) is 2.04. The van der Waals surface area contributed by atoms with Gasteiger partial charge in [-0.3, -0.25) is 5.10 Å². The number of aromatic amines is 1. The summed E-state index contributed by atoms with van der Waals surface area (Å²) in [6.07, 6.45) is -3.26. The van der Waals surface area contributed by atoms with Gasteiger partial charge in [0.25, 0.3) is 0 Å². The third kappa shape index (κ3) is 3.71. The van der Waals surface area contributed by atoms with Gasteiger partial charge in [0.15, 0.2) is 0 Å². The Morgan fingerprint density at radius 1 is 1.59 bits per heavy atom. The van der Waals surface area contributed by atoms with Crippen LogP contribution in [-0.2, 0) is 11.3 Å². The Morgan fingerprint density at radius 2 is 2.18 bits per heavy atom. The van der Waals surface area contributed by atoms with E-state index in [-0.39, 0.29) is 6.04 Å². The van der Waals surface area contributed by atoms with E-state index < -0.39 is 12.1 Å². The lowest BCUT2D eigenvalue weighted by atomic mass is 10.1. The zero-order chi connectivity index (χ0) is 13.1. The number of carboxylic acids is 1. The SMILES string of the molecule is NC1CNCc2cn[nH]c21.O=C(O)C(F)(F)F. The molecule has 1 aliphatic heterocycles. The summed E-state index contributed by atoms with van der Waals surface area (Å²) in [5.41, 5.74) is 8.03. The summed E-state index contributed by atoms with van der Waals surface area (Å²) in [6, 6.07) is 0.0891. The standard InChI is InChI=1S/C6H10N4.C2HF3O2/c7-5-3-8-1-4-2-9-10-6(4)5;3-2(4,5)1(6)7/h2,5,8H,1,3,7H2,(H,9,10);(H,6,7). The van der Waals surface area contributed by atoms with Crippen molar-refractivity contribution in [2.75, 3.05) is 6.54 Å². The number of aromatic nitrogens is 2. The van der Waals surface area contributed by atoms with Crippen LogP contribution >= 0.6 is 0 Å². The quantitative estimate of drug-likeness (QED) is 0.526. The zero-order valence-electron chi connectivity index (χ0n) is 8.58. The molecule has 0 radical (unpaired) electrons. The van der Waals surface area contributed by atoms with Crippen LogP contribution in [0.5, 0.6) is 0 Å². The molecule has 2 rings (SSSR count). The Labute approximate surface area is 94.0 Å². The highest BCUT2D eigenvalue weighted by Gasteiger charge is 2.38. The first-order valence-electron chi connectivity index (χ1n) is 4.61. The largest absolute Gasteiger partial charge is 0.490 e. The van der Waals surface area contributed by atoms with E-state index in [2.05, 4.69) is 15.5 Å². The number of nitrogens with zero attached hydrogens (tertiary/aromatic N) is 1. The minimum Gasteiger partial charge on any atom is -0.475 e. The lowest BCUT2D eigenvalue weighted by Gasteiger charge is -2.18. The summed E-state index contributed by atoms with van der Waals surface area (Å²) in [7, 11) is 0. The van der Waals surface area contributed by atoms with E-state index in [0.717, 1.165) is 18.8 Å². The van der Waals surface area contributed by atoms with Crippen molar-refractivity contribution in [3.63, 3.8) is 0 Å². The van der Waals surface area contributed by atoms with Gasteiger partial charge in [0.2, 0.25) is 0 Å². The number of alkyl halides is 3. The van der Waals surface area contributed by atoms with Crippen LogP contribution in [0.1, 0.15) is 17.3 Å². The van der Waals surface area contributed by atoms with E-state index >= 15 is 0 Å². The lowest BCUT2D eigenvalue weighted by Crippen LogP contribution is -2.32. The second-order valence-corrected chi connectivity index (χ2v) is 3.35. The maximum atomic E-state index is 10.6. The summed E-state index contributed by atoms with van der Waals surface area (Å²) in [6.45, 7) is 1.73. The molecule has 0 aromatic carbocycles. The van der Waals surface area contributed by atoms with E-state index in [9.17, 15) is 13.2 Å². The van der Waals surface area contributed by atoms with Gasteiger partial charge in [-0.1, -0.05) is 0 Å². The van der Waals surface area contributed by atoms with Gasteiger partial charge in [0.05, 0.1) is 17.9 Å². The molecular formula is C8H11F3N4O2. The van der Waals surface area contributed by atoms with Gasteiger partial charge in [-0.15, -0.1) is 0 Å². The molecule has 0 amide bonds. The molecule has 0 fully saturated rings. The summed E-state index contributed by atoms with van der Waals surface area (Å²) in [4.78, 5) is 8.90. The van der Waals surface area contributed by atoms with Gasteiger partial charge in [0, 0.05) is 18.7 Å². The first-order chi connectivity index (χ1) is 7.82. The molecule has 6 nitrogen and oxygen atoms in total. The molecule has 5 N–H and O–H groups in total. The Bertz CT molecular complexity index is 390. The van der Waals surface area contributed by atoms with Crippen molar-refractivity contribution in [1.29, 1.82) is 0 Å². The second kappa shape index (κ2) is 5.15. The third-order valence-electron chi connectivity index (χ3n) is 2.04. The molecule has 0 saturated heterocycles. The number of carbonyl (C=O) groups is 1. The van der Waals surface area contributed by atoms with Crippen LogP contribution in [0.2, 0.25) is 0 Å². The number of carboxylic acid groups (broad SMARTS) is 1. The Balaban J connectivity index is 0.000000185. The molecule has 1 aromatic rings. The van der Waals surface area contributed by atoms with E-state index in [1.807, 2.05) is 6.20 Å². The monoisotopic (exact) mass is 252 g/mol. The fourth-order valence-corrected chi connectivity index (χ4v) is 1.25. The topological polar surface area (TPSA) is 104 Å². The zero-order valence-corrected chi connectivity index (χ0v) is 8.58. The number of halogens is 3. The highest BCUT2D eigenvalue weighted by molar-refractivity contribution is 5.73. The summed E-state index contributed by atoms with van der Waals surface area (Å²) < 4.78 is 31.7. The smallest absolute Gasteiger partial charge is 0.475 e. The average Bonchev–Trinajstić information content (AvgIpc) is 2.66. The van der Waals surface area contributed by atoms with Crippen LogP contribution in [0.25, 0.3) is 0 Å². The van der Waals surface area contributed by atoms with Crippen LogP contribution in [0.3, 0.4) is 0 Å². The van der Waals surface area contributed by atoms with Crippen molar-refractivity contribution in [2.24, 2.45) is 5.73 Å². The number of rotatable bonds is 0. The van der Waals surface area contributed by atoms with Crippen molar-refractivity contribution in [2.45, 2.75) is 18.8 Å². The number of aliphatic carboxylic acids is 1. The van der Waals surface area contributed by atoms with Crippen molar-refractivity contribution >= 4 is 5.97 Å². The average molecular weight is 252 g/mol. The van der Waals surface area contributed by atoms with E-state index in [1.54, 1.807) is 0 Å². The van der Waals surface area contributed by atoms with Crippen LogP contribution in [0, 0.1) is 0 Å². The molecule has 1 atom stereocenters. The summed E-state index contributed by atoms with van der Waals surface area (Å²) in [5, 5.41) is 17.1. The molecule has 17 heavy (non-hydrogen) atoms. The molecule has 1 aliphatic rings. The van der Waals surface area contributed by atoms with Crippen molar-refractivity contribution in [3.8, 4) is 0 Å². The van der Waals surface area contributed by atoms with Crippen LogP contribution in [0.15, 0.2) is 6.20 Å². The predicted octanol–water partition coefficient (Wildman–Crippen LogP) is 0.146. The number of nitrogens with one attached hydrogen (secondary N) is 2. The number of H-pyrrole nitrogens is 1. The molecular weight excluding hydrogens is 241 g/mol. The predicted molar refractivity (Wildman–Crippen MR) is 50.9 cm³/mol. The number of fused-ring (bicyclic) bond motifs is 1. The minimum absolute atomic E-state index is 0.0891. The number of nitrogens with two attached hydrogens (primary N) is 1. The molecule has 96 valence electrons. The Morgan fingerprint density at radius 3 is 2.65 bits per heavy atom. The highest BCUT2D eigenvalue weighted by Crippen LogP contribution is 2.15. The molecule has 0 saturated carbocycles. The van der Waals surface area contributed by atoms with Crippen molar-refractivity contribution in [1.82, 2.24) is 15.5 Å². The van der Waals surface area contributed by atoms with E-state index in [1.165, 1.54) is 5.56 Å². The number of hydrogen-bond donors (Lipinski definition) is 4. The van der Waals surface area contributed by atoms with E-state index in [4.69, 9.17) is 15.6 Å². The van der Waals surface area contributed by atoms with E-state index in [0.29, 0.717) is 0 Å². The molecule has 1 aromatic heterocycles. The maximum absolute atomic E-state index is 10.6. The minimum atomic E-state index is -5.08. The van der Waals surface area contributed by atoms with Gasteiger partial charge >= 0.3 is 12.1 Å². The van der Waals surface area contributed by atoms with Gasteiger partial charge < -0.3 is 16.2 Å². The maximum Gasteiger partial charge on any atom is 0.490 e. The second-order valence-electron chi connectivity index (χ2n) is 3.35. The van der Waals surface area contributed by atoms with Crippen molar-refractivity contribution < 1.29 is 23.1 Å². The fourth-order valence-electron chi connectivity index (χ4n) is 1.25. The molecule has 0 bridgehead atoms. The summed E-state index contributed by atoms with van der Waals surface area (Å²) in [5.74, 6) is -2.76. The Hall–Kier alpha value is -1.61. The highest BCUT2D eigenvalue weighted by atomic mass is 19.4. The molecule has 0 spiro atoms. The first-order valence-corrected chi connectivity index (χ1v) is 4.61. The summed E-state index contributed by atoms with van der Waals surface area (Å²) >= 11 is 0. The van der Waals surface area contributed by atoms with Crippen molar-refractivity contribution in [3.05, 3.63) is 17.5 Å². The molecule has 2 heterocycles. The lowest BCUT2D eigenvalue weighted by molar-refractivity contribution is -0.192. The van der Waals surface area contributed by atoms with Crippen LogP contribution < -0.4 is 11.1 Å². The van der Waals surface area contributed by atoms with Gasteiger partial charge in [-0.25, -0.2) is 4.79 Å². The molecule has 9 heteroatoms. The van der Waals surface area contributed by atoms with Crippen LogP contribution in [-0.4, -0.2) is 34.0 Å². The molecule has 0 aliphatic carbocycles. The Kier molecular flexibility index (Phi) is 4.07. The fraction of sp³-hybridized carbons (Fsp3) is 0.500. The van der Waals surface area contributed by atoms with Gasteiger partial charge in [0.1, 0.15) is 0 Å². The van der Waals surface area contributed by atoms with Gasteiger partial charge in [-0.05, 0) is 0 Å². The normalized spacial score (nSPS) is 18.9. The molecule has 1 unspecified atom stereocenters. The van der Waals surface area contributed by atoms with Gasteiger partial charge in [-0.2, -0.15) is 18.3 Å². The number of hydrogen-bond acceptors (Lipinski definition) is 4.